The third kappa shape index (κ3) is 2.43. The standard InChI is InChI=1S/C8H10Br2N3S/c1-14(8(12)13)4-2-5(9)7(11)6(10)3-4/h2-3H,11H2,1H3,(H3,12,13)/q+1. The van der Waals surface area contributed by atoms with Crippen molar-refractivity contribution < 1.29 is 0 Å². The fourth-order valence-electron chi connectivity index (χ4n) is 0.865. The second-order valence-electron chi connectivity index (χ2n) is 2.68. The molecule has 0 aliphatic rings. The van der Waals surface area contributed by atoms with Crippen molar-refractivity contribution in [3.05, 3.63) is 21.1 Å². The van der Waals surface area contributed by atoms with E-state index in [9.17, 15) is 0 Å². The molecule has 0 aromatic heterocycles. The van der Waals surface area contributed by atoms with Crippen LogP contribution in [0, 0.1) is 5.41 Å². The summed E-state index contributed by atoms with van der Waals surface area (Å²) in [6.07, 6.45) is 1.91. The smallest absolute Gasteiger partial charge is 0.314 e. The second kappa shape index (κ2) is 4.55. The molecule has 1 aromatic rings. The fourth-order valence-corrected chi connectivity index (χ4v) is 3.20. The average Bonchev–Trinajstić information content (AvgIpc) is 2.12. The van der Waals surface area contributed by atoms with Crippen molar-refractivity contribution in [2.75, 3.05) is 12.0 Å². The first-order chi connectivity index (χ1) is 6.43. The van der Waals surface area contributed by atoms with Gasteiger partial charge in [-0.3, -0.25) is 0 Å². The number of rotatable bonds is 1. The number of benzene rings is 1. The largest absolute Gasteiger partial charge is 0.397 e. The first-order valence-electron chi connectivity index (χ1n) is 3.68. The lowest BCUT2D eigenvalue weighted by molar-refractivity contribution is 1.40. The Bertz CT molecular complexity index is 358. The van der Waals surface area contributed by atoms with Crippen LogP contribution < -0.4 is 11.5 Å². The molecule has 1 atom stereocenters. The third-order valence-corrected chi connectivity index (χ3v) is 4.65. The van der Waals surface area contributed by atoms with E-state index in [0.29, 0.717) is 5.69 Å². The minimum atomic E-state index is -0.368. The number of halogens is 2. The number of hydrogen-bond donors (Lipinski definition) is 3. The van der Waals surface area contributed by atoms with Crippen LogP contribution in [0.5, 0.6) is 0 Å². The van der Waals surface area contributed by atoms with Crippen LogP contribution in [0.15, 0.2) is 26.0 Å². The van der Waals surface area contributed by atoms with Gasteiger partial charge in [0.1, 0.15) is 6.26 Å². The zero-order chi connectivity index (χ0) is 10.9. The molecule has 0 fully saturated rings. The minimum absolute atomic E-state index is 0.175. The van der Waals surface area contributed by atoms with Crippen molar-refractivity contribution in [2.24, 2.45) is 5.73 Å². The van der Waals surface area contributed by atoms with Crippen LogP contribution in [0.1, 0.15) is 0 Å². The maximum absolute atomic E-state index is 7.36. The Morgan fingerprint density at radius 1 is 1.36 bits per heavy atom. The molecule has 0 heterocycles. The van der Waals surface area contributed by atoms with E-state index in [2.05, 4.69) is 31.9 Å². The molecule has 0 spiro atoms. The highest BCUT2D eigenvalue weighted by Crippen LogP contribution is 2.31. The highest BCUT2D eigenvalue weighted by atomic mass is 79.9. The van der Waals surface area contributed by atoms with Gasteiger partial charge < -0.3 is 11.5 Å². The van der Waals surface area contributed by atoms with Gasteiger partial charge in [-0.1, -0.05) is 0 Å². The lowest BCUT2D eigenvalue weighted by Crippen LogP contribution is -2.22. The zero-order valence-electron chi connectivity index (χ0n) is 7.47. The van der Waals surface area contributed by atoms with Crippen molar-refractivity contribution in [3.8, 4) is 0 Å². The van der Waals surface area contributed by atoms with Crippen LogP contribution in [0.2, 0.25) is 0 Å². The quantitative estimate of drug-likeness (QED) is 0.318. The summed E-state index contributed by atoms with van der Waals surface area (Å²) in [4.78, 5) is 0.991. The Balaban J connectivity index is 3.19. The summed E-state index contributed by atoms with van der Waals surface area (Å²) >= 11 is 6.70. The molecular formula is C8H10Br2N3S+. The topological polar surface area (TPSA) is 75.9 Å². The van der Waals surface area contributed by atoms with Gasteiger partial charge in [0.15, 0.2) is 4.90 Å². The summed E-state index contributed by atoms with van der Waals surface area (Å²) in [6.45, 7) is 0. The normalized spacial score (nSPS) is 12.5. The number of amidine groups is 1. The molecule has 0 saturated carbocycles. The minimum Gasteiger partial charge on any atom is -0.397 e. The predicted octanol–water partition coefficient (Wildman–Crippen LogP) is 2.29. The van der Waals surface area contributed by atoms with Crippen molar-refractivity contribution in [1.82, 2.24) is 0 Å². The molecule has 14 heavy (non-hydrogen) atoms. The number of nitrogen functional groups attached to an aromatic ring is 1. The van der Waals surface area contributed by atoms with Crippen LogP contribution in [0.4, 0.5) is 5.69 Å². The van der Waals surface area contributed by atoms with Crippen LogP contribution >= 0.6 is 31.9 Å². The molecule has 1 unspecified atom stereocenters. The molecule has 0 aliphatic heterocycles. The molecule has 0 aliphatic carbocycles. The Hall–Kier alpha value is -0.200. The zero-order valence-corrected chi connectivity index (χ0v) is 11.5. The van der Waals surface area contributed by atoms with Gasteiger partial charge in [-0.15, -0.1) is 0 Å². The monoisotopic (exact) mass is 338 g/mol. The van der Waals surface area contributed by atoms with E-state index < -0.39 is 0 Å². The highest BCUT2D eigenvalue weighted by molar-refractivity contribution is 9.11. The SMILES string of the molecule is C[S+](C(=N)N)c1cc(Br)c(N)c(Br)c1. The summed E-state index contributed by atoms with van der Waals surface area (Å²) in [5.74, 6) is 0. The Morgan fingerprint density at radius 3 is 2.14 bits per heavy atom. The van der Waals surface area contributed by atoms with E-state index in [4.69, 9.17) is 16.9 Å². The summed E-state index contributed by atoms with van der Waals surface area (Å²) in [5, 5.41) is 7.54. The lowest BCUT2D eigenvalue weighted by atomic mass is 10.3. The van der Waals surface area contributed by atoms with Gasteiger partial charge in [0.2, 0.25) is 0 Å². The molecule has 1 rings (SSSR count). The van der Waals surface area contributed by atoms with Crippen LogP contribution in [-0.2, 0) is 10.9 Å². The van der Waals surface area contributed by atoms with E-state index in [1.165, 1.54) is 0 Å². The van der Waals surface area contributed by atoms with Gasteiger partial charge in [-0.05, 0) is 31.9 Å². The van der Waals surface area contributed by atoms with Gasteiger partial charge in [0.25, 0.3) is 0 Å². The van der Waals surface area contributed by atoms with Gasteiger partial charge in [0.05, 0.1) is 16.6 Å². The number of hydrogen-bond acceptors (Lipinski definition) is 2. The summed E-state index contributed by atoms with van der Waals surface area (Å²) in [7, 11) is -0.368. The van der Waals surface area contributed by atoms with Gasteiger partial charge >= 0.3 is 5.17 Å². The first kappa shape index (κ1) is 11.9. The van der Waals surface area contributed by atoms with Gasteiger partial charge in [0, 0.05) is 21.1 Å². The molecule has 3 nitrogen and oxygen atoms in total. The molecule has 0 radical (unpaired) electrons. The predicted molar refractivity (Wildman–Crippen MR) is 69.7 cm³/mol. The molecule has 0 saturated heterocycles. The molecule has 0 amide bonds. The van der Waals surface area contributed by atoms with Crippen molar-refractivity contribution in [2.45, 2.75) is 4.90 Å². The Morgan fingerprint density at radius 2 is 1.79 bits per heavy atom. The molecule has 0 bridgehead atoms. The van der Waals surface area contributed by atoms with Crippen molar-refractivity contribution in [1.29, 1.82) is 5.41 Å². The van der Waals surface area contributed by atoms with Crippen LogP contribution in [0.3, 0.4) is 0 Å². The first-order valence-corrected chi connectivity index (χ1v) is 6.90. The second-order valence-corrected chi connectivity index (χ2v) is 6.32. The number of nitrogens with one attached hydrogen (secondary N) is 1. The van der Waals surface area contributed by atoms with Crippen LogP contribution in [-0.4, -0.2) is 11.4 Å². The van der Waals surface area contributed by atoms with Crippen molar-refractivity contribution in [3.63, 3.8) is 0 Å². The number of anilines is 1. The van der Waals surface area contributed by atoms with Gasteiger partial charge in [-0.25, -0.2) is 5.41 Å². The van der Waals surface area contributed by atoms with Crippen LogP contribution in [0.25, 0.3) is 0 Å². The van der Waals surface area contributed by atoms with E-state index in [0.717, 1.165) is 13.8 Å². The highest BCUT2D eigenvalue weighted by Gasteiger charge is 2.22. The lowest BCUT2D eigenvalue weighted by Gasteiger charge is -2.04. The number of nitrogens with two attached hydrogens (primary N) is 2. The summed E-state index contributed by atoms with van der Waals surface area (Å²) in [5.41, 5.74) is 11.9. The molecule has 5 N–H and O–H groups in total. The Kier molecular flexibility index (Phi) is 3.86. The summed E-state index contributed by atoms with van der Waals surface area (Å²) < 4.78 is 1.64. The summed E-state index contributed by atoms with van der Waals surface area (Å²) in [6, 6.07) is 3.79. The molecule has 76 valence electrons. The average molecular weight is 340 g/mol. The van der Waals surface area contributed by atoms with Crippen molar-refractivity contribution >= 4 is 53.6 Å². The molecular weight excluding hydrogens is 330 g/mol. The van der Waals surface area contributed by atoms with E-state index >= 15 is 0 Å². The van der Waals surface area contributed by atoms with E-state index in [-0.39, 0.29) is 16.1 Å². The van der Waals surface area contributed by atoms with E-state index in [1.807, 2.05) is 18.4 Å². The molecule has 6 heteroatoms. The fraction of sp³-hybridized carbons (Fsp3) is 0.125. The molecule has 1 aromatic carbocycles. The third-order valence-electron chi connectivity index (χ3n) is 1.74. The maximum atomic E-state index is 7.36. The Labute approximate surface area is 102 Å². The van der Waals surface area contributed by atoms with E-state index in [1.54, 1.807) is 0 Å². The maximum Gasteiger partial charge on any atom is 0.314 e. The van der Waals surface area contributed by atoms with Gasteiger partial charge in [-0.2, -0.15) is 0 Å².